The first kappa shape index (κ1) is 11.3. The Morgan fingerprint density at radius 2 is 2.15 bits per heavy atom. The van der Waals surface area contributed by atoms with Gasteiger partial charge in [-0.15, -0.1) is 0 Å². The smallest absolute Gasteiger partial charge is 0.0787 e. The average molecular weight is 203 g/mol. The highest BCUT2D eigenvalue weighted by Crippen LogP contribution is 2.29. The number of hydrogen-bond donors (Lipinski definition) is 1. The van der Waals surface area contributed by atoms with Gasteiger partial charge in [0, 0.05) is 24.2 Å². The van der Waals surface area contributed by atoms with Crippen molar-refractivity contribution in [1.29, 1.82) is 0 Å². The van der Waals surface area contributed by atoms with Crippen molar-refractivity contribution in [3.8, 4) is 0 Å². The third-order valence-corrected chi connectivity index (χ3v) is 3.99. The van der Waals surface area contributed by atoms with Crippen LogP contribution in [0.4, 0.5) is 0 Å². The molecule has 78 valence electrons. The molecule has 0 spiro atoms. The molecular weight excluding hydrogens is 182 g/mol. The van der Waals surface area contributed by atoms with Crippen LogP contribution >= 0.6 is 11.8 Å². The number of ether oxygens (including phenoxy) is 1. The molecule has 0 aliphatic heterocycles. The van der Waals surface area contributed by atoms with Crippen molar-refractivity contribution in [3.05, 3.63) is 0 Å². The summed E-state index contributed by atoms with van der Waals surface area (Å²) in [5.41, 5.74) is 5.61. The zero-order valence-corrected chi connectivity index (χ0v) is 9.31. The molecule has 1 rings (SSSR count). The Morgan fingerprint density at radius 3 is 2.69 bits per heavy atom. The monoisotopic (exact) mass is 203 g/mol. The summed E-state index contributed by atoms with van der Waals surface area (Å²) in [6.45, 7) is 3.48. The van der Waals surface area contributed by atoms with Gasteiger partial charge in [-0.25, -0.2) is 0 Å². The van der Waals surface area contributed by atoms with E-state index in [9.17, 15) is 0 Å². The lowest BCUT2D eigenvalue weighted by Crippen LogP contribution is -2.26. The Balaban J connectivity index is 2.07. The molecule has 3 heteroatoms. The van der Waals surface area contributed by atoms with Gasteiger partial charge in [-0.1, -0.05) is 12.8 Å². The van der Waals surface area contributed by atoms with E-state index in [1.165, 1.54) is 25.7 Å². The van der Waals surface area contributed by atoms with Gasteiger partial charge in [-0.2, -0.15) is 11.8 Å². The molecule has 1 unspecified atom stereocenters. The largest absolute Gasteiger partial charge is 0.376 e. The maximum absolute atomic E-state index is 5.61. The predicted molar refractivity (Wildman–Crippen MR) is 59.2 cm³/mol. The van der Waals surface area contributed by atoms with E-state index < -0.39 is 0 Å². The fourth-order valence-electron chi connectivity index (χ4n) is 1.72. The van der Waals surface area contributed by atoms with E-state index >= 15 is 0 Å². The van der Waals surface area contributed by atoms with Crippen LogP contribution in [-0.2, 0) is 4.74 Å². The Bertz CT molecular complexity index is 126. The Morgan fingerprint density at radius 1 is 1.46 bits per heavy atom. The third kappa shape index (κ3) is 4.34. The highest BCUT2D eigenvalue weighted by atomic mass is 32.2. The molecule has 1 atom stereocenters. The van der Waals surface area contributed by atoms with E-state index in [0.29, 0.717) is 6.54 Å². The van der Waals surface area contributed by atoms with Crippen LogP contribution < -0.4 is 5.73 Å². The Labute approximate surface area is 85.6 Å². The highest BCUT2D eigenvalue weighted by Gasteiger charge is 2.17. The van der Waals surface area contributed by atoms with Gasteiger partial charge in [0.2, 0.25) is 0 Å². The number of nitrogens with two attached hydrogens (primary N) is 1. The zero-order valence-electron chi connectivity index (χ0n) is 8.50. The van der Waals surface area contributed by atoms with Gasteiger partial charge < -0.3 is 10.5 Å². The van der Waals surface area contributed by atoms with E-state index in [1.807, 2.05) is 6.92 Å². The van der Waals surface area contributed by atoms with Crippen LogP contribution in [0.2, 0.25) is 0 Å². The van der Waals surface area contributed by atoms with Crippen molar-refractivity contribution in [1.82, 2.24) is 0 Å². The molecule has 0 aromatic rings. The van der Waals surface area contributed by atoms with E-state index in [2.05, 4.69) is 11.8 Å². The molecule has 0 aromatic heterocycles. The van der Waals surface area contributed by atoms with Gasteiger partial charge in [0.1, 0.15) is 0 Å². The van der Waals surface area contributed by atoms with Crippen molar-refractivity contribution < 1.29 is 4.74 Å². The standard InChI is InChI=1S/C10H21NOS/c1-2-12-9(7-11)8-13-10-5-3-4-6-10/h9-10H,2-8,11H2,1H3. The molecule has 1 aliphatic rings. The van der Waals surface area contributed by atoms with E-state index in [4.69, 9.17) is 10.5 Å². The zero-order chi connectivity index (χ0) is 9.52. The number of hydrogen-bond acceptors (Lipinski definition) is 3. The summed E-state index contributed by atoms with van der Waals surface area (Å²) in [5, 5.41) is 0.884. The summed E-state index contributed by atoms with van der Waals surface area (Å²) in [4.78, 5) is 0. The molecule has 1 saturated carbocycles. The van der Waals surface area contributed by atoms with E-state index in [0.717, 1.165) is 17.6 Å². The maximum Gasteiger partial charge on any atom is 0.0787 e. The van der Waals surface area contributed by atoms with Crippen LogP contribution in [0.5, 0.6) is 0 Å². The van der Waals surface area contributed by atoms with Crippen LogP contribution in [0.25, 0.3) is 0 Å². The summed E-state index contributed by atoms with van der Waals surface area (Å²) < 4.78 is 5.51. The molecule has 0 radical (unpaired) electrons. The van der Waals surface area contributed by atoms with Crippen molar-refractivity contribution in [2.45, 2.75) is 44.0 Å². The Kier molecular flexibility index (Phi) is 5.83. The van der Waals surface area contributed by atoms with Crippen LogP contribution in [0.15, 0.2) is 0 Å². The minimum absolute atomic E-state index is 0.274. The van der Waals surface area contributed by atoms with Crippen molar-refractivity contribution >= 4 is 11.8 Å². The second-order valence-electron chi connectivity index (χ2n) is 3.55. The van der Waals surface area contributed by atoms with Crippen LogP contribution in [0, 0.1) is 0 Å². The van der Waals surface area contributed by atoms with Crippen molar-refractivity contribution in [2.75, 3.05) is 18.9 Å². The average Bonchev–Trinajstić information content (AvgIpc) is 2.64. The molecule has 0 aromatic carbocycles. The lowest BCUT2D eigenvalue weighted by Gasteiger charge is -2.16. The normalized spacial score (nSPS) is 20.8. The second kappa shape index (κ2) is 6.68. The van der Waals surface area contributed by atoms with Crippen LogP contribution in [-0.4, -0.2) is 30.3 Å². The van der Waals surface area contributed by atoms with Gasteiger partial charge in [-0.05, 0) is 19.8 Å². The Hall–Kier alpha value is 0.270. The molecule has 0 saturated heterocycles. The highest BCUT2D eigenvalue weighted by molar-refractivity contribution is 7.99. The molecule has 2 N–H and O–H groups in total. The second-order valence-corrected chi connectivity index (χ2v) is 4.89. The number of rotatable bonds is 6. The van der Waals surface area contributed by atoms with Crippen LogP contribution in [0.1, 0.15) is 32.6 Å². The third-order valence-electron chi connectivity index (χ3n) is 2.49. The molecule has 2 nitrogen and oxygen atoms in total. The minimum atomic E-state index is 0.274. The molecule has 1 aliphatic carbocycles. The predicted octanol–water partition coefficient (Wildman–Crippen LogP) is 2.03. The summed E-state index contributed by atoms with van der Waals surface area (Å²) in [7, 11) is 0. The van der Waals surface area contributed by atoms with Crippen LogP contribution in [0.3, 0.4) is 0 Å². The first-order valence-corrected chi connectivity index (χ1v) is 6.35. The van der Waals surface area contributed by atoms with Gasteiger partial charge in [0.25, 0.3) is 0 Å². The summed E-state index contributed by atoms with van der Waals surface area (Å²) in [6.07, 6.45) is 5.90. The lowest BCUT2D eigenvalue weighted by molar-refractivity contribution is 0.0858. The fraction of sp³-hybridized carbons (Fsp3) is 1.00. The maximum atomic E-state index is 5.61. The van der Waals surface area contributed by atoms with E-state index in [-0.39, 0.29) is 6.10 Å². The molecule has 0 amide bonds. The van der Waals surface area contributed by atoms with E-state index in [1.54, 1.807) is 0 Å². The molecule has 0 heterocycles. The van der Waals surface area contributed by atoms with Gasteiger partial charge in [-0.3, -0.25) is 0 Å². The fourth-order valence-corrected chi connectivity index (χ4v) is 3.10. The molecule has 13 heavy (non-hydrogen) atoms. The number of thioether (sulfide) groups is 1. The summed E-state index contributed by atoms with van der Waals surface area (Å²) in [5.74, 6) is 1.08. The summed E-state index contributed by atoms with van der Waals surface area (Å²) in [6, 6.07) is 0. The lowest BCUT2D eigenvalue weighted by atomic mass is 10.4. The quantitative estimate of drug-likeness (QED) is 0.717. The molecule has 1 fully saturated rings. The summed E-state index contributed by atoms with van der Waals surface area (Å²) >= 11 is 2.05. The van der Waals surface area contributed by atoms with Gasteiger partial charge >= 0.3 is 0 Å². The minimum Gasteiger partial charge on any atom is -0.376 e. The van der Waals surface area contributed by atoms with Crippen molar-refractivity contribution in [2.24, 2.45) is 5.73 Å². The van der Waals surface area contributed by atoms with Gasteiger partial charge in [0.05, 0.1) is 6.10 Å². The topological polar surface area (TPSA) is 35.2 Å². The van der Waals surface area contributed by atoms with Gasteiger partial charge in [0.15, 0.2) is 0 Å². The first-order valence-electron chi connectivity index (χ1n) is 5.30. The SMILES string of the molecule is CCOC(CN)CSC1CCCC1. The molecular formula is C10H21NOS. The van der Waals surface area contributed by atoms with Crippen molar-refractivity contribution in [3.63, 3.8) is 0 Å². The molecule has 0 bridgehead atoms. The first-order chi connectivity index (χ1) is 6.36.